The fourth-order valence-electron chi connectivity index (χ4n) is 1.65. The lowest BCUT2D eigenvalue weighted by Gasteiger charge is -2.10. The van der Waals surface area contributed by atoms with Gasteiger partial charge in [0.05, 0.1) is 18.1 Å². The van der Waals surface area contributed by atoms with E-state index in [2.05, 4.69) is 10.6 Å². The van der Waals surface area contributed by atoms with Crippen LogP contribution in [0.1, 0.15) is 20.1 Å². The first-order chi connectivity index (χ1) is 7.81. The fourth-order valence-corrected chi connectivity index (χ4v) is 2.71. The lowest BCUT2D eigenvalue weighted by molar-refractivity contribution is 0.0957. The molecule has 0 fully saturated rings. The van der Waals surface area contributed by atoms with Crippen LogP contribution in [-0.2, 0) is 17.8 Å². The molecule has 5 heteroatoms. The van der Waals surface area contributed by atoms with Crippen molar-refractivity contribution in [2.45, 2.75) is 13.0 Å². The standard InChI is InChI=1S/C11H16N2O2S/c1-12-3-4-13-11(14)10-6-8-7-15-5-2-9(8)16-10/h6,12H,2-5,7H2,1H3,(H,13,14). The van der Waals surface area contributed by atoms with Crippen LogP contribution < -0.4 is 10.6 Å². The number of carbonyl (C=O) groups is 1. The Balaban J connectivity index is 1.98. The Kier molecular flexibility index (Phi) is 3.93. The monoisotopic (exact) mass is 240 g/mol. The number of nitrogens with one attached hydrogen (secondary N) is 2. The van der Waals surface area contributed by atoms with Crippen LogP contribution in [0.5, 0.6) is 0 Å². The van der Waals surface area contributed by atoms with Crippen LogP contribution in [0.3, 0.4) is 0 Å². The summed E-state index contributed by atoms with van der Waals surface area (Å²) in [6.07, 6.45) is 0.934. The smallest absolute Gasteiger partial charge is 0.261 e. The number of thiophene rings is 1. The van der Waals surface area contributed by atoms with Crippen LogP contribution in [0.15, 0.2) is 6.07 Å². The Morgan fingerprint density at radius 2 is 2.44 bits per heavy atom. The van der Waals surface area contributed by atoms with Gasteiger partial charge >= 0.3 is 0 Å². The van der Waals surface area contributed by atoms with Crippen LogP contribution >= 0.6 is 11.3 Å². The molecule has 0 spiro atoms. The van der Waals surface area contributed by atoms with E-state index in [9.17, 15) is 4.79 Å². The van der Waals surface area contributed by atoms with E-state index in [1.165, 1.54) is 10.4 Å². The van der Waals surface area contributed by atoms with Crippen molar-refractivity contribution in [1.29, 1.82) is 0 Å². The van der Waals surface area contributed by atoms with Gasteiger partial charge in [-0.05, 0) is 18.7 Å². The molecular weight excluding hydrogens is 224 g/mol. The summed E-state index contributed by atoms with van der Waals surface area (Å²) in [5, 5.41) is 5.87. The van der Waals surface area contributed by atoms with Gasteiger partial charge in [-0.15, -0.1) is 11.3 Å². The molecule has 1 amide bonds. The van der Waals surface area contributed by atoms with Crippen molar-refractivity contribution in [2.75, 3.05) is 26.7 Å². The van der Waals surface area contributed by atoms with Crippen molar-refractivity contribution in [3.63, 3.8) is 0 Å². The lowest BCUT2D eigenvalue weighted by atomic mass is 10.2. The SMILES string of the molecule is CNCCNC(=O)c1cc2c(s1)CCOC2. The summed E-state index contributed by atoms with van der Waals surface area (Å²) in [7, 11) is 1.87. The van der Waals surface area contributed by atoms with Gasteiger partial charge in [-0.3, -0.25) is 4.79 Å². The minimum Gasteiger partial charge on any atom is -0.376 e. The number of carbonyl (C=O) groups excluding carboxylic acids is 1. The molecule has 0 atom stereocenters. The summed E-state index contributed by atoms with van der Waals surface area (Å²) in [5.41, 5.74) is 1.18. The fraction of sp³-hybridized carbons (Fsp3) is 0.545. The van der Waals surface area contributed by atoms with Gasteiger partial charge in [-0.1, -0.05) is 0 Å². The van der Waals surface area contributed by atoms with Crippen molar-refractivity contribution >= 4 is 17.2 Å². The quantitative estimate of drug-likeness (QED) is 0.764. The maximum absolute atomic E-state index is 11.8. The molecule has 0 saturated carbocycles. The molecule has 1 aromatic rings. The summed E-state index contributed by atoms with van der Waals surface area (Å²) in [6, 6.07) is 1.95. The van der Waals surface area contributed by atoms with Gasteiger partial charge in [0.25, 0.3) is 5.91 Å². The third-order valence-corrected chi connectivity index (χ3v) is 3.75. The maximum atomic E-state index is 11.8. The normalized spacial score (nSPS) is 14.6. The number of hydrogen-bond donors (Lipinski definition) is 2. The number of amides is 1. The highest BCUT2D eigenvalue weighted by atomic mass is 32.1. The minimum atomic E-state index is 0.0228. The zero-order valence-corrected chi connectivity index (χ0v) is 10.2. The molecule has 4 nitrogen and oxygen atoms in total. The molecule has 0 saturated heterocycles. The largest absolute Gasteiger partial charge is 0.376 e. The van der Waals surface area contributed by atoms with E-state index in [-0.39, 0.29) is 5.91 Å². The Morgan fingerprint density at radius 3 is 3.19 bits per heavy atom. The number of likely N-dealkylation sites (N-methyl/N-ethyl adjacent to an activating group) is 1. The minimum absolute atomic E-state index is 0.0228. The van der Waals surface area contributed by atoms with E-state index >= 15 is 0 Å². The lowest BCUT2D eigenvalue weighted by Crippen LogP contribution is -2.29. The van der Waals surface area contributed by atoms with E-state index in [4.69, 9.17) is 4.74 Å². The molecule has 1 aliphatic rings. The summed E-state index contributed by atoms with van der Waals surface area (Å²) in [4.78, 5) is 13.9. The molecule has 0 aliphatic carbocycles. The van der Waals surface area contributed by atoms with E-state index in [1.54, 1.807) is 11.3 Å². The van der Waals surface area contributed by atoms with E-state index in [0.29, 0.717) is 13.2 Å². The molecule has 16 heavy (non-hydrogen) atoms. The number of fused-ring (bicyclic) bond motifs is 1. The number of rotatable bonds is 4. The second-order valence-corrected chi connectivity index (χ2v) is 4.86. The first-order valence-corrected chi connectivity index (χ1v) is 6.25. The zero-order chi connectivity index (χ0) is 11.4. The van der Waals surface area contributed by atoms with Crippen LogP contribution in [0.4, 0.5) is 0 Å². The van der Waals surface area contributed by atoms with Gasteiger partial charge in [0.1, 0.15) is 0 Å². The van der Waals surface area contributed by atoms with E-state index in [0.717, 1.165) is 24.4 Å². The molecule has 1 aromatic heterocycles. The van der Waals surface area contributed by atoms with Gasteiger partial charge in [0.2, 0.25) is 0 Å². The second-order valence-electron chi connectivity index (χ2n) is 3.72. The topological polar surface area (TPSA) is 50.4 Å². The van der Waals surface area contributed by atoms with Crippen molar-refractivity contribution in [3.8, 4) is 0 Å². The number of ether oxygens (including phenoxy) is 1. The molecule has 2 heterocycles. The van der Waals surface area contributed by atoms with Crippen LogP contribution in [0, 0.1) is 0 Å². The van der Waals surface area contributed by atoms with Crippen molar-refractivity contribution in [2.24, 2.45) is 0 Å². The van der Waals surface area contributed by atoms with Crippen molar-refractivity contribution in [3.05, 3.63) is 21.4 Å². The predicted octanol–water partition coefficient (Wildman–Crippen LogP) is 0.770. The highest BCUT2D eigenvalue weighted by Crippen LogP contribution is 2.26. The first-order valence-electron chi connectivity index (χ1n) is 5.43. The third-order valence-electron chi connectivity index (χ3n) is 2.51. The van der Waals surface area contributed by atoms with Crippen LogP contribution in [-0.4, -0.2) is 32.7 Å². The average Bonchev–Trinajstić information content (AvgIpc) is 2.73. The molecule has 0 bridgehead atoms. The number of hydrogen-bond acceptors (Lipinski definition) is 4. The Morgan fingerprint density at radius 1 is 1.56 bits per heavy atom. The highest BCUT2D eigenvalue weighted by molar-refractivity contribution is 7.14. The molecule has 0 aromatic carbocycles. The van der Waals surface area contributed by atoms with Crippen LogP contribution in [0.25, 0.3) is 0 Å². The van der Waals surface area contributed by atoms with Gasteiger partial charge in [-0.25, -0.2) is 0 Å². The average molecular weight is 240 g/mol. The molecule has 0 unspecified atom stereocenters. The van der Waals surface area contributed by atoms with Gasteiger partial charge in [0, 0.05) is 24.4 Å². The first kappa shape index (κ1) is 11.6. The van der Waals surface area contributed by atoms with Gasteiger partial charge in [-0.2, -0.15) is 0 Å². The van der Waals surface area contributed by atoms with Crippen LogP contribution in [0.2, 0.25) is 0 Å². The molecule has 2 rings (SSSR count). The summed E-state index contributed by atoms with van der Waals surface area (Å²) in [6.45, 7) is 2.87. The second kappa shape index (κ2) is 5.43. The maximum Gasteiger partial charge on any atom is 0.261 e. The molecule has 88 valence electrons. The third kappa shape index (κ3) is 2.61. The molecule has 0 radical (unpaired) electrons. The molecule has 2 N–H and O–H groups in total. The zero-order valence-electron chi connectivity index (χ0n) is 9.34. The van der Waals surface area contributed by atoms with Crippen molar-refractivity contribution < 1.29 is 9.53 Å². The van der Waals surface area contributed by atoms with E-state index < -0.39 is 0 Å². The predicted molar refractivity (Wildman–Crippen MR) is 63.9 cm³/mol. The van der Waals surface area contributed by atoms with Gasteiger partial charge < -0.3 is 15.4 Å². The van der Waals surface area contributed by atoms with Crippen molar-refractivity contribution in [1.82, 2.24) is 10.6 Å². The Bertz CT molecular complexity index is 353. The molecule has 1 aliphatic heterocycles. The summed E-state index contributed by atoms with van der Waals surface area (Å²) >= 11 is 1.59. The Hall–Kier alpha value is -0.910. The molecular formula is C11H16N2O2S. The van der Waals surface area contributed by atoms with E-state index in [1.807, 2.05) is 13.1 Å². The summed E-state index contributed by atoms with van der Waals surface area (Å²) in [5.74, 6) is 0.0228. The highest BCUT2D eigenvalue weighted by Gasteiger charge is 2.16. The Labute approximate surface area is 99.0 Å². The van der Waals surface area contributed by atoms with Gasteiger partial charge in [0.15, 0.2) is 0 Å². The summed E-state index contributed by atoms with van der Waals surface area (Å²) < 4.78 is 5.35.